The summed E-state index contributed by atoms with van der Waals surface area (Å²) >= 11 is 0.715. The zero-order valence-corrected chi connectivity index (χ0v) is 14.0. The number of nitro groups is 1. The predicted molar refractivity (Wildman–Crippen MR) is 90.3 cm³/mol. The normalized spacial score (nSPS) is 11.6. The lowest BCUT2D eigenvalue weighted by atomic mass is 10.2. The fourth-order valence-electron chi connectivity index (χ4n) is 2.10. The Morgan fingerprint density at radius 3 is 2.46 bits per heavy atom. The smallest absolute Gasteiger partial charge is 0.349 e. The Balaban J connectivity index is 2.07. The monoisotopic (exact) mass is 348 g/mol. The van der Waals surface area contributed by atoms with E-state index in [2.05, 4.69) is 0 Å². The van der Waals surface area contributed by atoms with Crippen molar-refractivity contribution in [3.63, 3.8) is 0 Å². The number of hydrogen-bond donors (Lipinski definition) is 0. The van der Waals surface area contributed by atoms with Gasteiger partial charge in [0.25, 0.3) is 5.91 Å². The van der Waals surface area contributed by atoms with Crippen molar-refractivity contribution in [3.8, 4) is 0 Å². The van der Waals surface area contributed by atoms with Gasteiger partial charge in [-0.3, -0.25) is 14.9 Å². The van der Waals surface area contributed by atoms with E-state index < -0.39 is 17.0 Å². The minimum absolute atomic E-state index is 0.0871. The molecule has 8 heteroatoms. The summed E-state index contributed by atoms with van der Waals surface area (Å²) in [6.07, 6.45) is -1.00. The average molecular weight is 348 g/mol. The Kier molecular flexibility index (Phi) is 5.64. The highest BCUT2D eigenvalue weighted by Gasteiger charge is 2.26. The van der Waals surface area contributed by atoms with Crippen molar-refractivity contribution in [2.75, 3.05) is 11.4 Å². The van der Waals surface area contributed by atoms with E-state index in [9.17, 15) is 19.7 Å². The van der Waals surface area contributed by atoms with Crippen LogP contribution < -0.4 is 4.90 Å². The van der Waals surface area contributed by atoms with Crippen LogP contribution in [0.15, 0.2) is 42.5 Å². The highest BCUT2D eigenvalue weighted by Crippen LogP contribution is 2.25. The lowest BCUT2D eigenvalue weighted by Crippen LogP contribution is -2.40. The Hall–Kier alpha value is -2.74. The lowest BCUT2D eigenvalue weighted by molar-refractivity contribution is -0.380. The van der Waals surface area contributed by atoms with Gasteiger partial charge in [0.1, 0.15) is 4.88 Å². The maximum absolute atomic E-state index is 12.5. The van der Waals surface area contributed by atoms with Crippen molar-refractivity contribution in [2.45, 2.75) is 20.0 Å². The molecule has 1 aromatic carbocycles. The van der Waals surface area contributed by atoms with E-state index >= 15 is 0 Å². The second-order valence-electron chi connectivity index (χ2n) is 4.86. The molecule has 126 valence electrons. The van der Waals surface area contributed by atoms with Crippen molar-refractivity contribution in [1.29, 1.82) is 0 Å². The lowest BCUT2D eigenvalue weighted by Gasteiger charge is -2.24. The van der Waals surface area contributed by atoms with Gasteiger partial charge in [0.05, 0.1) is 4.92 Å². The summed E-state index contributed by atoms with van der Waals surface area (Å²) in [7, 11) is 0. The Labute approximate surface area is 142 Å². The zero-order chi connectivity index (χ0) is 17.7. The van der Waals surface area contributed by atoms with Gasteiger partial charge in [-0.05, 0) is 32.0 Å². The van der Waals surface area contributed by atoms with Gasteiger partial charge in [-0.25, -0.2) is 4.79 Å². The largest absolute Gasteiger partial charge is 0.448 e. The molecule has 0 saturated heterocycles. The van der Waals surface area contributed by atoms with E-state index in [0.29, 0.717) is 23.6 Å². The topological polar surface area (TPSA) is 89.8 Å². The van der Waals surface area contributed by atoms with Gasteiger partial charge in [-0.1, -0.05) is 29.5 Å². The van der Waals surface area contributed by atoms with Crippen molar-refractivity contribution in [1.82, 2.24) is 0 Å². The summed E-state index contributed by atoms with van der Waals surface area (Å²) in [6.45, 7) is 3.73. The maximum atomic E-state index is 12.5. The summed E-state index contributed by atoms with van der Waals surface area (Å²) in [4.78, 5) is 36.2. The second kappa shape index (κ2) is 7.69. The highest BCUT2D eigenvalue weighted by atomic mass is 32.1. The Morgan fingerprint density at radius 2 is 1.92 bits per heavy atom. The molecule has 0 aliphatic rings. The first-order valence-corrected chi connectivity index (χ1v) is 8.07. The summed E-state index contributed by atoms with van der Waals surface area (Å²) in [5.74, 6) is -1.11. The van der Waals surface area contributed by atoms with Crippen LogP contribution in [-0.2, 0) is 9.53 Å². The number of nitrogens with zero attached hydrogens (tertiary/aromatic N) is 2. The van der Waals surface area contributed by atoms with Crippen LogP contribution in [0.4, 0.5) is 10.7 Å². The molecule has 1 atom stereocenters. The molecular weight excluding hydrogens is 332 g/mol. The molecule has 1 amide bonds. The van der Waals surface area contributed by atoms with E-state index in [1.165, 1.54) is 24.0 Å². The minimum Gasteiger partial charge on any atom is -0.448 e. The van der Waals surface area contributed by atoms with E-state index in [1.807, 2.05) is 25.1 Å². The SMILES string of the molecule is CCN(C(=O)[C@H](C)OC(=O)c1ccc([N+](=O)[O-])s1)c1ccccc1. The van der Waals surface area contributed by atoms with Crippen molar-refractivity contribution in [2.24, 2.45) is 0 Å². The van der Waals surface area contributed by atoms with Gasteiger partial charge in [0, 0.05) is 18.3 Å². The highest BCUT2D eigenvalue weighted by molar-refractivity contribution is 7.17. The van der Waals surface area contributed by atoms with E-state index in [0.717, 1.165) is 0 Å². The molecule has 0 bridgehead atoms. The second-order valence-corrected chi connectivity index (χ2v) is 5.92. The summed E-state index contributed by atoms with van der Waals surface area (Å²) < 4.78 is 5.15. The summed E-state index contributed by atoms with van der Waals surface area (Å²) in [6, 6.07) is 11.6. The molecule has 0 fully saturated rings. The fourth-order valence-corrected chi connectivity index (χ4v) is 2.80. The molecule has 1 heterocycles. The molecule has 0 spiro atoms. The molecule has 0 aliphatic carbocycles. The van der Waals surface area contributed by atoms with Crippen LogP contribution in [0.3, 0.4) is 0 Å². The van der Waals surface area contributed by atoms with E-state index in [1.54, 1.807) is 12.1 Å². The predicted octanol–water partition coefficient (Wildman–Crippen LogP) is 3.25. The molecule has 0 radical (unpaired) electrons. The van der Waals surface area contributed by atoms with Crippen LogP contribution in [0, 0.1) is 10.1 Å². The summed E-state index contributed by atoms with van der Waals surface area (Å²) in [5, 5.41) is 10.5. The number of para-hydroxylation sites is 1. The number of carbonyl (C=O) groups is 2. The first-order valence-electron chi connectivity index (χ1n) is 7.25. The van der Waals surface area contributed by atoms with Gasteiger partial charge in [0.15, 0.2) is 6.10 Å². The quantitative estimate of drug-likeness (QED) is 0.454. The van der Waals surface area contributed by atoms with Crippen molar-refractivity contribution in [3.05, 3.63) is 57.5 Å². The molecule has 2 aromatic rings. The molecule has 0 saturated carbocycles. The number of esters is 1. The van der Waals surface area contributed by atoms with Crippen LogP contribution in [-0.4, -0.2) is 29.4 Å². The third-order valence-corrected chi connectivity index (χ3v) is 4.27. The van der Waals surface area contributed by atoms with Crippen LogP contribution in [0.1, 0.15) is 23.5 Å². The number of amides is 1. The number of ether oxygens (including phenoxy) is 1. The van der Waals surface area contributed by atoms with E-state index in [-0.39, 0.29) is 15.8 Å². The number of anilines is 1. The number of likely N-dealkylation sites (N-methyl/N-ethyl adjacent to an activating group) is 1. The molecule has 2 rings (SSSR count). The number of rotatable bonds is 6. The van der Waals surface area contributed by atoms with Crippen LogP contribution in [0.5, 0.6) is 0 Å². The third kappa shape index (κ3) is 3.96. The number of benzene rings is 1. The fraction of sp³-hybridized carbons (Fsp3) is 0.250. The van der Waals surface area contributed by atoms with Gasteiger partial charge in [-0.2, -0.15) is 0 Å². The van der Waals surface area contributed by atoms with Crippen LogP contribution >= 0.6 is 11.3 Å². The molecule has 0 aliphatic heterocycles. The van der Waals surface area contributed by atoms with Crippen LogP contribution in [0.2, 0.25) is 0 Å². The number of carbonyl (C=O) groups excluding carboxylic acids is 2. The first-order chi connectivity index (χ1) is 11.4. The first kappa shape index (κ1) is 17.6. The molecule has 24 heavy (non-hydrogen) atoms. The van der Waals surface area contributed by atoms with Crippen LogP contribution in [0.25, 0.3) is 0 Å². The Bertz CT molecular complexity index is 744. The Morgan fingerprint density at radius 1 is 1.25 bits per heavy atom. The maximum Gasteiger partial charge on any atom is 0.349 e. The van der Waals surface area contributed by atoms with Gasteiger partial charge in [-0.15, -0.1) is 0 Å². The average Bonchev–Trinajstić information content (AvgIpc) is 3.06. The minimum atomic E-state index is -1.00. The standard InChI is InChI=1S/C16H16N2O5S/c1-3-17(12-7-5-4-6-8-12)15(19)11(2)23-16(20)13-9-10-14(24-13)18(21)22/h4-11H,3H2,1-2H3/t11-/m0/s1. The van der Waals surface area contributed by atoms with E-state index in [4.69, 9.17) is 4.74 Å². The molecular formula is C16H16N2O5S. The number of hydrogen-bond acceptors (Lipinski definition) is 6. The van der Waals surface area contributed by atoms with Gasteiger partial charge in [0.2, 0.25) is 0 Å². The summed E-state index contributed by atoms with van der Waals surface area (Å²) in [5.41, 5.74) is 0.708. The molecule has 7 nitrogen and oxygen atoms in total. The number of thiophene rings is 1. The third-order valence-electron chi connectivity index (χ3n) is 3.25. The van der Waals surface area contributed by atoms with Crippen molar-refractivity contribution < 1.29 is 19.2 Å². The van der Waals surface area contributed by atoms with Gasteiger partial charge >= 0.3 is 11.0 Å². The zero-order valence-electron chi connectivity index (χ0n) is 13.2. The molecule has 0 N–H and O–H groups in total. The van der Waals surface area contributed by atoms with Crippen molar-refractivity contribution >= 4 is 33.9 Å². The molecule has 0 unspecified atom stereocenters. The van der Waals surface area contributed by atoms with Gasteiger partial charge < -0.3 is 9.64 Å². The molecule has 1 aromatic heterocycles.